The molecule has 0 aliphatic carbocycles. The van der Waals surface area contributed by atoms with E-state index in [1.165, 1.54) is 12.8 Å². The van der Waals surface area contributed by atoms with Crippen LogP contribution >= 0.6 is 0 Å². The smallest absolute Gasteiger partial charge is 0.287 e. The maximum atomic E-state index is 11.3. The number of amides is 1. The summed E-state index contributed by atoms with van der Waals surface area (Å²) in [7, 11) is 4.26. The van der Waals surface area contributed by atoms with Crippen LogP contribution in [0.25, 0.3) is 0 Å². The molecule has 1 fully saturated rings. The van der Waals surface area contributed by atoms with E-state index >= 15 is 0 Å². The molecule has 1 aliphatic heterocycles. The summed E-state index contributed by atoms with van der Waals surface area (Å²) in [4.78, 5) is 16.0. The van der Waals surface area contributed by atoms with Crippen molar-refractivity contribution in [3.05, 3.63) is 11.9 Å². The van der Waals surface area contributed by atoms with E-state index < -0.39 is 5.91 Å². The lowest BCUT2D eigenvalue weighted by molar-refractivity contribution is 0.0948. The van der Waals surface area contributed by atoms with Crippen molar-refractivity contribution in [2.24, 2.45) is 5.84 Å². The molecule has 1 atom stereocenters. The molecule has 1 saturated heterocycles. The Hall–Kier alpha value is -1.51. The lowest BCUT2D eigenvalue weighted by Crippen LogP contribution is -2.45. The number of nitrogens with one attached hydrogen (secondary N) is 1. The lowest BCUT2D eigenvalue weighted by atomic mass is 10.1. The number of nitrogens with two attached hydrogens (primary N) is 1. The predicted molar refractivity (Wildman–Crippen MR) is 74.8 cm³/mol. The second kappa shape index (κ2) is 6.78. The molecule has 3 N–H and O–H groups in total. The van der Waals surface area contributed by atoms with Gasteiger partial charge < -0.3 is 4.90 Å². The quantitative estimate of drug-likeness (QED) is 0.405. The van der Waals surface area contributed by atoms with Gasteiger partial charge in [0.25, 0.3) is 5.91 Å². The highest BCUT2D eigenvalue weighted by molar-refractivity contribution is 5.91. The number of hydrogen-bond donors (Lipinski definition) is 2. The number of nitrogen functional groups attached to an aromatic ring is 1. The van der Waals surface area contributed by atoms with Crippen molar-refractivity contribution >= 4 is 5.91 Å². The topological polar surface area (TPSA) is 92.3 Å². The second-order valence-electron chi connectivity index (χ2n) is 5.40. The fourth-order valence-corrected chi connectivity index (χ4v) is 2.49. The first-order chi connectivity index (χ1) is 9.60. The van der Waals surface area contributed by atoms with Crippen LogP contribution in [0.15, 0.2) is 6.20 Å². The molecule has 1 aromatic heterocycles. The van der Waals surface area contributed by atoms with Crippen molar-refractivity contribution in [3.8, 4) is 0 Å². The normalized spacial score (nSPS) is 20.3. The van der Waals surface area contributed by atoms with Gasteiger partial charge in [-0.3, -0.25) is 19.8 Å². The van der Waals surface area contributed by atoms with Gasteiger partial charge in [-0.15, -0.1) is 5.10 Å². The van der Waals surface area contributed by atoms with Crippen LogP contribution in [-0.2, 0) is 6.54 Å². The van der Waals surface area contributed by atoms with Gasteiger partial charge >= 0.3 is 0 Å². The summed E-state index contributed by atoms with van der Waals surface area (Å²) >= 11 is 0. The molecule has 0 radical (unpaired) electrons. The van der Waals surface area contributed by atoms with Gasteiger partial charge in [-0.1, -0.05) is 5.21 Å². The average Bonchev–Trinajstić information content (AvgIpc) is 2.93. The summed E-state index contributed by atoms with van der Waals surface area (Å²) in [6.07, 6.45) is 4.10. The third-order valence-corrected chi connectivity index (χ3v) is 3.76. The van der Waals surface area contributed by atoms with E-state index in [-0.39, 0.29) is 5.69 Å². The Morgan fingerprint density at radius 3 is 3.05 bits per heavy atom. The Bertz CT molecular complexity index is 445. The first kappa shape index (κ1) is 14.9. The van der Waals surface area contributed by atoms with Gasteiger partial charge in [0.05, 0.1) is 12.7 Å². The number of carbonyl (C=O) groups excluding carboxylic acids is 1. The monoisotopic (exact) mass is 281 g/mol. The van der Waals surface area contributed by atoms with Crippen molar-refractivity contribution < 1.29 is 4.79 Å². The van der Waals surface area contributed by atoms with E-state index in [0.717, 1.165) is 26.2 Å². The first-order valence-corrected chi connectivity index (χ1v) is 6.90. The number of aromatic nitrogens is 3. The van der Waals surface area contributed by atoms with Crippen LogP contribution in [0.5, 0.6) is 0 Å². The molecule has 2 heterocycles. The van der Waals surface area contributed by atoms with Crippen LogP contribution in [0.4, 0.5) is 0 Å². The van der Waals surface area contributed by atoms with Gasteiger partial charge in [-0.2, -0.15) is 0 Å². The summed E-state index contributed by atoms with van der Waals surface area (Å²) in [5, 5.41) is 7.72. The summed E-state index contributed by atoms with van der Waals surface area (Å²) in [6, 6.07) is 0.623. The van der Waals surface area contributed by atoms with Gasteiger partial charge in [-0.25, -0.2) is 5.84 Å². The molecule has 0 aromatic carbocycles. The molecule has 1 aliphatic rings. The highest BCUT2D eigenvalue weighted by atomic mass is 16.2. The van der Waals surface area contributed by atoms with Crippen molar-refractivity contribution in [3.63, 3.8) is 0 Å². The average molecular weight is 281 g/mol. The lowest BCUT2D eigenvalue weighted by Gasteiger charge is -2.36. The minimum atomic E-state index is -0.415. The predicted octanol–water partition coefficient (Wildman–Crippen LogP) is -1.09. The van der Waals surface area contributed by atoms with Crippen molar-refractivity contribution in [1.29, 1.82) is 0 Å². The Kier molecular flexibility index (Phi) is 5.05. The van der Waals surface area contributed by atoms with Gasteiger partial charge in [0.1, 0.15) is 0 Å². The fourth-order valence-electron chi connectivity index (χ4n) is 2.49. The number of nitrogens with zero attached hydrogens (tertiary/aromatic N) is 5. The number of likely N-dealkylation sites (N-methyl/N-ethyl adjacent to an activating group) is 1. The largest absolute Gasteiger partial charge is 0.305 e. The number of hydrazine groups is 1. The van der Waals surface area contributed by atoms with Crippen LogP contribution in [0.2, 0.25) is 0 Å². The van der Waals surface area contributed by atoms with Crippen LogP contribution in [-0.4, -0.2) is 70.5 Å². The zero-order valence-corrected chi connectivity index (χ0v) is 12.1. The molecule has 0 bridgehead atoms. The third-order valence-electron chi connectivity index (χ3n) is 3.76. The summed E-state index contributed by atoms with van der Waals surface area (Å²) in [6.45, 7) is 3.84. The van der Waals surface area contributed by atoms with Crippen LogP contribution in [0.1, 0.15) is 23.3 Å². The standard InChI is InChI=1S/C12H23N7O/c1-17(2)10-4-3-5-18(8-10)6-7-19-9-11(15-16-19)12(20)14-13/h9-10H,3-8,13H2,1-2H3,(H,14,20). The Morgan fingerprint density at radius 2 is 2.35 bits per heavy atom. The van der Waals surface area contributed by atoms with E-state index in [9.17, 15) is 4.79 Å². The van der Waals surface area contributed by atoms with Crippen molar-refractivity contribution in [1.82, 2.24) is 30.2 Å². The summed E-state index contributed by atoms with van der Waals surface area (Å²) < 4.78 is 1.68. The van der Waals surface area contributed by atoms with E-state index in [4.69, 9.17) is 5.84 Å². The number of carbonyl (C=O) groups is 1. The molecule has 0 spiro atoms. The highest BCUT2D eigenvalue weighted by Gasteiger charge is 2.21. The van der Waals surface area contributed by atoms with Crippen LogP contribution < -0.4 is 11.3 Å². The number of rotatable bonds is 5. The number of likely N-dealkylation sites (tertiary alicyclic amines) is 1. The number of piperidine rings is 1. The SMILES string of the molecule is CN(C)C1CCCN(CCn2cc(C(=O)NN)nn2)C1. The van der Waals surface area contributed by atoms with Crippen molar-refractivity contribution in [2.45, 2.75) is 25.4 Å². The summed E-state index contributed by atoms with van der Waals surface area (Å²) in [5.74, 6) is 4.64. The fraction of sp³-hybridized carbons (Fsp3) is 0.750. The van der Waals surface area contributed by atoms with Gasteiger partial charge in [0.2, 0.25) is 0 Å². The molecule has 8 nitrogen and oxygen atoms in total. The first-order valence-electron chi connectivity index (χ1n) is 6.90. The van der Waals surface area contributed by atoms with E-state index in [1.54, 1.807) is 10.9 Å². The molecule has 20 heavy (non-hydrogen) atoms. The van der Waals surface area contributed by atoms with Crippen LogP contribution in [0.3, 0.4) is 0 Å². The van der Waals surface area contributed by atoms with Crippen molar-refractivity contribution in [2.75, 3.05) is 33.7 Å². The third kappa shape index (κ3) is 3.75. The maximum Gasteiger partial charge on any atom is 0.287 e. The minimum Gasteiger partial charge on any atom is -0.305 e. The molecule has 1 aromatic rings. The summed E-state index contributed by atoms with van der Waals surface area (Å²) in [5.41, 5.74) is 2.30. The second-order valence-corrected chi connectivity index (χ2v) is 5.40. The molecular weight excluding hydrogens is 258 g/mol. The zero-order chi connectivity index (χ0) is 14.5. The van der Waals surface area contributed by atoms with E-state index in [1.807, 2.05) is 5.43 Å². The minimum absolute atomic E-state index is 0.248. The Labute approximate surface area is 118 Å². The molecular formula is C12H23N7O. The van der Waals surface area contributed by atoms with Gasteiger partial charge in [0.15, 0.2) is 5.69 Å². The molecule has 2 rings (SSSR count). The van der Waals surface area contributed by atoms with Gasteiger partial charge in [0, 0.05) is 19.1 Å². The Balaban J connectivity index is 1.82. The maximum absolute atomic E-state index is 11.3. The van der Waals surface area contributed by atoms with Gasteiger partial charge in [-0.05, 0) is 33.5 Å². The van der Waals surface area contributed by atoms with E-state index in [0.29, 0.717) is 6.04 Å². The molecule has 8 heteroatoms. The highest BCUT2D eigenvalue weighted by Crippen LogP contribution is 2.13. The number of hydrogen-bond acceptors (Lipinski definition) is 6. The van der Waals surface area contributed by atoms with E-state index in [2.05, 4.69) is 34.2 Å². The van der Waals surface area contributed by atoms with Crippen LogP contribution in [0, 0.1) is 0 Å². The molecule has 1 unspecified atom stereocenters. The Morgan fingerprint density at radius 1 is 1.55 bits per heavy atom. The molecule has 112 valence electrons. The zero-order valence-electron chi connectivity index (χ0n) is 12.1. The molecule has 1 amide bonds. The molecule has 0 saturated carbocycles.